The standard InChI is InChI=1S/C19H28N4O/c1-5-16-10-7-11-17(13-16)23-18(24)14-22-19(20-6-2)21-12-8-9-15(3)4/h1,7,10-11,13,15H,6,8-9,12,14H2,2-4H3,(H,23,24)(H2,20,21,22). The first-order valence-corrected chi connectivity index (χ1v) is 8.43. The van der Waals surface area contributed by atoms with Crippen LogP contribution in [-0.2, 0) is 4.79 Å². The molecule has 0 heterocycles. The monoisotopic (exact) mass is 328 g/mol. The molecule has 3 N–H and O–H groups in total. The van der Waals surface area contributed by atoms with E-state index in [1.807, 2.05) is 19.1 Å². The molecule has 0 aromatic heterocycles. The summed E-state index contributed by atoms with van der Waals surface area (Å²) in [5.41, 5.74) is 1.41. The first-order chi connectivity index (χ1) is 11.5. The third kappa shape index (κ3) is 8.23. The fourth-order valence-corrected chi connectivity index (χ4v) is 2.10. The van der Waals surface area contributed by atoms with E-state index in [2.05, 4.69) is 40.7 Å². The fourth-order valence-electron chi connectivity index (χ4n) is 2.10. The SMILES string of the molecule is C#Cc1cccc(NC(=O)CN=C(NCC)NCCCC(C)C)c1. The number of guanidine groups is 1. The zero-order valence-electron chi connectivity index (χ0n) is 14.9. The Bertz CT molecular complexity index is 587. The second-order valence-electron chi connectivity index (χ2n) is 5.93. The van der Waals surface area contributed by atoms with Crippen molar-refractivity contribution >= 4 is 17.6 Å². The highest BCUT2D eigenvalue weighted by molar-refractivity contribution is 5.94. The maximum Gasteiger partial charge on any atom is 0.246 e. The van der Waals surface area contributed by atoms with Crippen molar-refractivity contribution in [2.75, 3.05) is 25.0 Å². The Hall–Kier alpha value is -2.48. The molecule has 0 unspecified atom stereocenters. The third-order valence-electron chi connectivity index (χ3n) is 3.29. The topological polar surface area (TPSA) is 65.5 Å². The highest BCUT2D eigenvalue weighted by atomic mass is 16.1. The van der Waals surface area contributed by atoms with Gasteiger partial charge in [0.25, 0.3) is 0 Å². The van der Waals surface area contributed by atoms with Crippen LogP contribution in [0.4, 0.5) is 5.69 Å². The molecule has 130 valence electrons. The summed E-state index contributed by atoms with van der Waals surface area (Å²) < 4.78 is 0. The summed E-state index contributed by atoms with van der Waals surface area (Å²) in [6, 6.07) is 7.20. The van der Waals surface area contributed by atoms with E-state index in [1.54, 1.807) is 12.1 Å². The lowest BCUT2D eigenvalue weighted by molar-refractivity contribution is -0.114. The van der Waals surface area contributed by atoms with E-state index in [0.29, 0.717) is 17.6 Å². The van der Waals surface area contributed by atoms with Crippen LogP contribution in [0.25, 0.3) is 0 Å². The summed E-state index contributed by atoms with van der Waals surface area (Å²) in [6.07, 6.45) is 7.60. The summed E-state index contributed by atoms with van der Waals surface area (Å²) in [4.78, 5) is 16.3. The Morgan fingerprint density at radius 2 is 2.12 bits per heavy atom. The van der Waals surface area contributed by atoms with Crippen molar-refractivity contribution in [2.24, 2.45) is 10.9 Å². The highest BCUT2D eigenvalue weighted by Gasteiger charge is 2.04. The Kier molecular flexibility index (Phi) is 9.06. The predicted octanol–water partition coefficient (Wildman–Crippen LogP) is 2.60. The Morgan fingerprint density at radius 3 is 2.79 bits per heavy atom. The molecule has 1 aromatic carbocycles. The first kappa shape index (κ1) is 19.6. The molecule has 0 aliphatic heterocycles. The lowest BCUT2D eigenvalue weighted by Gasteiger charge is -2.12. The van der Waals surface area contributed by atoms with E-state index in [0.717, 1.165) is 25.1 Å². The molecule has 0 aliphatic carbocycles. The fraction of sp³-hybridized carbons (Fsp3) is 0.474. The van der Waals surface area contributed by atoms with Crippen LogP contribution in [0.2, 0.25) is 0 Å². The molecule has 0 aliphatic rings. The number of hydrogen-bond donors (Lipinski definition) is 3. The molecule has 0 saturated heterocycles. The molecular formula is C19H28N4O. The third-order valence-corrected chi connectivity index (χ3v) is 3.29. The summed E-state index contributed by atoms with van der Waals surface area (Å²) in [5.74, 6) is 3.72. The van der Waals surface area contributed by atoms with Crippen molar-refractivity contribution in [3.63, 3.8) is 0 Å². The second kappa shape index (κ2) is 11.1. The quantitative estimate of drug-likeness (QED) is 0.297. The molecule has 1 rings (SSSR count). The molecule has 5 heteroatoms. The molecule has 1 amide bonds. The second-order valence-corrected chi connectivity index (χ2v) is 5.93. The summed E-state index contributed by atoms with van der Waals surface area (Å²) in [6.45, 7) is 8.06. The normalized spacial score (nSPS) is 11.0. The van der Waals surface area contributed by atoms with E-state index in [-0.39, 0.29) is 12.5 Å². The van der Waals surface area contributed by atoms with Gasteiger partial charge in [0.2, 0.25) is 5.91 Å². The van der Waals surface area contributed by atoms with Gasteiger partial charge in [-0.15, -0.1) is 6.42 Å². The van der Waals surface area contributed by atoms with Crippen molar-refractivity contribution in [3.8, 4) is 12.3 Å². The van der Waals surface area contributed by atoms with Crippen LogP contribution in [0.15, 0.2) is 29.3 Å². The van der Waals surface area contributed by atoms with Crippen LogP contribution >= 0.6 is 0 Å². The van der Waals surface area contributed by atoms with Crippen LogP contribution < -0.4 is 16.0 Å². The predicted molar refractivity (Wildman–Crippen MR) is 101 cm³/mol. The van der Waals surface area contributed by atoms with Gasteiger partial charge in [-0.25, -0.2) is 4.99 Å². The zero-order valence-corrected chi connectivity index (χ0v) is 14.9. The minimum Gasteiger partial charge on any atom is -0.357 e. The molecule has 0 radical (unpaired) electrons. The lowest BCUT2D eigenvalue weighted by Crippen LogP contribution is -2.38. The molecule has 0 spiro atoms. The van der Waals surface area contributed by atoms with Gasteiger partial charge < -0.3 is 16.0 Å². The number of carbonyl (C=O) groups excluding carboxylic acids is 1. The van der Waals surface area contributed by atoms with Crippen molar-refractivity contribution in [2.45, 2.75) is 33.6 Å². The van der Waals surface area contributed by atoms with E-state index in [4.69, 9.17) is 6.42 Å². The number of nitrogens with zero attached hydrogens (tertiary/aromatic N) is 1. The van der Waals surface area contributed by atoms with Gasteiger partial charge in [-0.2, -0.15) is 0 Å². The van der Waals surface area contributed by atoms with Crippen molar-refractivity contribution in [3.05, 3.63) is 29.8 Å². The zero-order chi connectivity index (χ0) is 17.8. The summed E-state index contributed by atoms with van der Waals surface area (Å²) in [7, 11) is 0. The van der Waals surface area contributed by atoms with Gasteiger partial charge in [0, 0.05) is 24.3 Å². The van der Waals surface area contributed by atoms with Gasteiger partial charge in [-0.1, -0.05) is 25.8 Å². The van der Waals surface area contributed by atoms with Crippen molar-refractivity contribution in [1.82, 2.24) is 10.6 Å². The lowest BCUT2D eigenvalue weighted by atomic mass is 10.1. The van der Waals surface area contributed by atoms with Gasteiger partial charge in [-0.3, -0.25) is 4.79 Å². The number of aliphatic imine (C=N–C) groups is 1. The van der Waals surface area contributed by atoms with Crippen LogP contribution in [0, 0.1) is 18.3 Å². The smallest absolute Gasteiger partial charge is 0.246 e. The number of amides is 1. The minimum atomic E-state index is -0.177. The maximum atomic E-state index is 12.0. The summed E-state index contributed by atoms with van der Waals surface area (Å²) in [5, 5.41) is 9.19. The average Bonchev–Trinajstić information content (AvgIpc) is 2.56. The van der Waals surface area contributed by atoms with Gasteiger partial charge >= 0.3 is 0 Å². The van der Waals surface area contributed by atoms with Crippen LogP contribution in [0.5, 0.6) is 0 Å². The van der Waals surface area contributed by atoms with E-state index in [1.165, 1.54) is 6.42 Å². The Morgan fingerprint density at radius 1 is 1.33 bits per heavy atom. The Labute approximate surface area is 145 Å². The molecule has 0 bridgehead atoms. The van der Waals surface area contributed by atoms with Gasteiger partial charge in [0.15, 0.2) is 5.96 Å². The van der Waals surface area contributed by atoms with Gasteiger partial charge in [0.1, 0.15) is 6.54 Å². The molecule has 0 atom stereocenters. The number of benzene rings is 1. The minimum absolute atomic E-state index is 0.0554. The average molecular weight is 328 g/mol. The number of anilines is 1. The molecule has 0 fully saturated rings. The highest BCUT2D eigenvalue weighted by Crippen LogP contribution is 2.09. The molecule has 0 saturated carbocycles. The van der Waals surface area contributed by atoms with Crippen LogP contribution in [0.3, 0.4) is 0 Å². The van der Waals surface area contributed by atoms with Gasteiger partial charge in [0.05, 0.1) is 0 Å². The largest absolute Gasteiger partial charge is 0.357 e. The van der Waals surface area contributed by atoms with Crippen LogP contribution in [0.1, 0.15) is 39.2 Å². The number of terminal acetylenes is 1. The Balaban J connectivity index is 2.49. The van der Waals surface area contributed by atoms with Crippen molar-refractivity contribution in [1.29, 1.82) is 0 Å². The number of rotatable bonds is 8. The molecular weight excluding hydrogens is 300 g/mol. The van der Waals surface area contributed by atoms with Crippen molar-refractivity contribution < 1.29 is 4.79 Å². The first-order valence-electron chi connectivity index (χ1n) is 8.43. The summed E-state index contributed by atoms with van der Waals surface area (Å²) >= 11 is 0. The maximum absolute atomic E-state index is 12.0. The van der Waals surface area contributed by atoms with Crippen LogP contribution in [-0.4, -0.2) is 31.5 Å². The molecule has 24 heavy (non-hydrogen) atoms. The van der Waals surface area contributed by atoms with Gasteiger partial charge in [-0.05, 0) is 43.9 Å². The molecule has 1 aromatic rings. The van der Waals surface area contributed by atoms with E-state index >= 15 is 0 Å². The number of nitrogens with one attached hydrogen (secondary N) is 3. The van der Waals surface area contributed by atoms with E-state index in [9.17, 15) is 4.79 Å². The number of hydrogen-bond acceptors (Lipinski definition) is 2. The number of carbonyl (C=O) groups is 1. The van der Waals surface area contributed by atoms with E-state index < -0.39 is 0 Å². The molecule has 5 nitrogen and oxygen atoms in total.